The van der Waals surface area contributed by atoms with Gasteiger partial charge in [0.2, 0.25) is 5.89 Å². The molecule has 29 heavy (non-hydrogen) atoms. The third-order valence-corrected chi connectivity index (χ3v) is 5.85. The first-order chi connectivity index (χ1) is 13.7. The van der Waals surface area contributed by atoms with Crippen molar-refractivity contribution in [1.29, 1.82) is 0 Å². The van der Waals surface area contributed by atoms with Crippen molar-refractivity contribution in [3.05, 3.63) is 69.3 Å². The van der Waals surface area contributed by atoms with Crippen LogP contribution in [0, 0.1) is 13.8 Å². The van der Waals surface area contributed by atoms with Crippen LogP contribution in [0.25, 0.3) is 11.1 Å². The molecule has 0 aliphatic rings. The Bertz CT molecular complexity index is 1390. The van der Waals surface area contributed by atoms with Crippen LogP contribution in [0.15, 0.2) is 55.0 Å². The number of oxazole rings is 1. The molecule has 1 N–H and O–H groups in total. The van der Waals surface area contributed by atoms with Gasteiger partial charge in [-0.15, -0.1) is 0 Å². The van der Waals surface area contributed by atoms with Crippen LogP contribution in [0.4, 0.5) is 5.69 Å². The van der Waals surface area contributed by atoms with E-state index in [1.54, 1.807) is 32.0 Å². The van der Waals surface area contributed by atoms with Crippen LogP contribution < -0.4 is 10.5 Å². The molecule has 0 saturated carbocycles. The summed E-state index contributed by atoms with van der Waals surface area (Å²) in [6.07, 6.45) is 0. The third-order valence-electron chi connectivity index (χ3n) is 4.25. The van der Waals surface area contributed by atoms with Gasteiger partial charge in [-0.2, -0.15) is 4.98 Å². The van der Waals surface area contributed by atoms with Crippen molar-refractivity contribution in [3.63, 3.8) is 0 Å². The van der Waals surface area contributed by atoms with Crippen LogP contribution in [-0.4, -0.2) is 23.1 Å². The Morgan fingerprint density at radius 3 is 2.66 bits per heavy atom. The molecule has 0 bridgehead atoms. The van der Waals surface area contributed by atoms with Gasteiger partial charge in [-0.25, -0.2) is 13.2 Å². The minimum atomic E-state index is -3.90. The second-order valence-electron chi connectivity index (χ2n) is 6.38. The Balaban J connectivity index is 1.69. The van der Waals surface area contributed by atoms with Crippen LogP contribution in [0.1, 0.15) is 17.3 Å². The minimum absolute atomic E-state index is 0.0392. The monoisotopic (exact) mass is 434 g/mol. The highest BCUT2D eigenvalue weighted by atomic mass is 35.5. The highest BCUT2D eigenvalue weighted by Crippen LogP contribution is 2.25. The maximum atomic E-state index is 12.8. The highest BCUT2D eigenvalue weighted by molar-refractivity contribution is 7.92. The SMILES string of the molecule is Cc1nc(Cn2c(=O)oc3cc(S(=O)(=O)Nc4ccc(Cl)cc4C)ccc32)no1. The maximum Gasteiger partial charge on any atom is 0.420 e. The summed E-state index contributed by atoms with van der Waals surface area (Å²) in [6.45, 7) is 3.42. The zero-order chi connectivity index (χ0) is 20.8. The molecule has 0 radical (unpaired) electrons. The number of nitrogens with zero attached hydrogens (tertiary/aromatic N) is 3. The normalized spacial score (nSPS) is 11.8. The van der Waals surface area contributed by atoms with Gasteiger partial charge in [0.1, 0.15) is 0 Å². The number of aryl methyl sites for hydroxylation is 2. The maximum absolute atomic E-state index is 12.8. The van der Waals surface area contributed by atoms with E-state index in [0.29, 0.717) is 33.5 Å². The Morgan fingerprint density at radius 1 is 1.17 bits per heavy atom. The molecule has 150 valence electrons. The third kappa shape index (κ3) is 3.76. The van der Waals surface area contributed by atoms with E-state index in [9.17, 15) is 13.2 Å². The summed E-state index contributed by atoms with van der Waals surface area (Å²) in [5, 5.41) is 4.26. The van der Waals surface area contributed by atoms with Gasteiger partial charge in [0.25, 0.3) is 10.0 Å². The Hall–Kier alpha value is -3.11. The predicted octanol–water partition coefficient (Wildman–Crippen LogP) is 3.10. The number of hydrogen-bond acceptors (Lipinski definition) is 7. The second kappa shape index (κ2) is 7.05. The molecule has 4 rings (SSSR count). The minimum Gasteiger partial charge on any atom is -0.408 e. The number of halogens is 1. The van der Waals surface area contributed by atoms with Crippen LogP contribution >= 0.6 is 11.6 Å². The molecule has 2 aromatic heterocycles. The second-order valence-corrected chi connectivity index (χ2v) is 8.50. The van der Waals surface area contributed by atoms with Crippen molar-refractivity contribution in [1.82, 2.24) is 14.7 Å². The number of anilines is 1. The van der Waals surface area contributed by atoms with E-state index < -0.39 is 15.8 Å². The highest BCUT2D eigenvalue weighted by Gasteiger charge is 2.19. The standard InChI is InChI=1S/C18H15ClN4O5S/c1-10-7-12(19)3-5-14(10)22-29(25,26)13-4-6-15-16(8-13)27-18(24)23(15)9-17-20-11(2)28-21-17/h3-8,22H,9H2,1-2H3. The van der Waals surface area contributed by atoms with E-state index in [1.807, 2.05) is 0 Å². The van der Waals surface area contributed by atoms with E-state index in [4.69, 9.17) is 20.5 Å². The molecular weight excluding hydrogens is 420 g/mol. The number of nitrogens with one attached hydrogen (secondary N) is 1. The molecule has 2 aromatic carbocycles. The lowest BCUT2D eigenvalue weighted by atomic mass is 10.2. The van der Waals surface area contributed by atoms with Gasteiger partial charge in [0.05, 0.1) is 22.6 Å². The smallest absolute Gasteiger partial charge is 0.408 e. The van der Waals surface area contributed by atoms with Gasteiger partial charge in [0.15, 0.2) is 11.4 Å². The Morgan fingerprint density at radius 2 is 1.97 bits per heavy atom. The zero-order valence-electron chi connectivity index (χ0n) is 15.3. The van der Waals surface area contributed by atoms with Gasteiger partial charge in [-0.05, 0) is 42.8 Å². The first-order valence-electron chi connectivity index (χ1n) is 8.44. The summed E-state index contributed by atoms with van der Waals surface area (Å²) < 4.78 is 39.5. The van der Waals surface area contributed by atoms with Crippen LogP contribution in [0.2, 0.25) is 5.02 Å². The lowest BCUT2D eigenvalue weighted by Gasteiger charge is -2.11. The fourth-order valence-corrected chi connectivity index (χ4v) is 4.23. The lowest BCUT2D eigenvalue weighted by molar-refractivity contribution is 0.385. The number of rotatable bonds is 5. The van der Waals surface area contributed by atoms with Gasteiger partial charge < -0.3 is 8.94 Å². The van der Waals surface area contributed by atoms with Gasteiger partial charge >= 0.3 is 5.76 Å². The average molecular weight is 435 g/mol. The van der Waals surface area contributed by atoms with Gasteiger partial charge in [-0.3, -0.25) is 9.29 Å². The largest absolute Gasteiger partial charge is 0.420 e. The number of fused-ring (bicyclic) bond motifs is 1. The molecule has 4 aromatic rings. The van der Waals surface area contributed by atoms with Gasteiger partial charge in [-0.1, -0.05) is 16.8 Å². The molecule has 0 fully saturated rings. The summed E-state index contributed by atoms with van der Waals surface area (Å²) >= 11 is 5.91. The summed E-state index contributed by atoms with van der Waals surface area (Å²) in [5.74, 6) is 0.0279. The zero-order valence-corrected chi connectivity index (χ0v) is 16.9. The fraction of sp³-hybridized carbons (Fsp3) is 0.167. The lowest BCUT2D eigenvalue weighted by Crippen LogP contribution is -2.16. The molecule has 11 heteroatoms. The summed E-state index contributed by atoms with van der Waals surface area (Å²) in [4.78, 5) is 16.2. The summed E-state index contributed by atoms with van der Waals surface area (Å²) in [7, 11) is -3.90. The molecule has 2 heterocycles. The summed E-state index contributed by atoms with van der Waals surface area (Å²) in [5.41, 5.74) is 1.63. The van der Waals surface area contributed by atoms with E-state index in [-0.39, 0.29) is 17.0 Å². The summed E-state index contributed by atoms with van der Waals surface area (Å²) in [6, 6.07) is 9.01. The molecule has 0 amide bonds. The molecule has 0 spiro atoms. The van der Waals surface area contributed by atoms with Crippen molar-refractivity contribution in [3.8, 4) is 0 Å². The van der Waals surface area contributed by atoms with Crippen molar-refractivity contribution in [2.45, 2.75) is 25.3 Å². The van der Waals surface area contributed by atoms with E-state index in [1.165, 1.54) is 22.8 Å². The molecule has 9 nitrogen and oxygen atoms in total. The van der Waals surface area contributed by atoms with Crippen molar-refractivity contribution >= 4 is 38.4 Å². The molecule has 0 atom stereocenters. The Labute approximate surface area is 170 Å². The van der Waals surface area contributed by atoms with Crippen molar-refractivity contribution in [2.24, 2.45) is 0 Å². The van der Waals surface area contributed by atoms with Crippen LogP contribution in [-0.2, 0) is 16.6 Å². The number of hydrogen-bond donors (Lipinski definition) is 1. The first kappa shape index (κ1) is 19.2. The number of benzene rings is 2. The van der Waals surface area contributed by atoms with Crippen molar-refractivity contribution < 1.29 is 17.4 Å². The number of sulfonamides is 1. The van der Waals surface area contributed by atoms with Crippen LogP contribution in [0.3, 0.4) is 0 Å². The fourth-order valence-electron chi connectivity index (χ4n) is 2.86. The molecule has 0 aliphatic carbocycles. The first-order valence-corrected chi connectivity index (χ1v) is 10.3. The molecule has 0 aliphatic heterocycles. The topological polar surface area (TPSA) is 120 Å². The quantitative estimate of drug-likeness (QED) is 0.512. The van der Waals surface area contributed by atoms with Gasteiger partial charge in [0, 0.05) is 18.0 Å². The molecule has 0 unspecified atom stereocenters. The van der Waals surface area contributed by atoms with Crippen LogP contribution in [0.5, 0.6) is 0 Å². The predicted molar refractivity (Wildman–Crippen MR) is 106 cm³/mol. The Kier molecular flexibility index (Phi) is 4.67. The average Bonchev–Trinajstić information content (AvgIpc) is 3.20. The molecule has 0 saturated heterocycles. The molecular formula is C18H15ClN4O5S. The van der Waals surface area contributed by atoms with Crippen molar-refractivity contribution in [2.75, 3.05) is 4.72 Å². The van der Waals surface area contributed by atoms with E-state index in [2.05, 4.69) is 14.9 Å². The number of aromatic nitrogens is 3. The van der Waals surface area contributed by atoms with E-state index >= 15 is 0 Å². The van der Waals surface area contributed by atoms with E-state index in [0.717, 1.165) is 0 Å².